The molecule has 0 saturated carbocycles. The van der Waals surface area contributed by atoms with Crippen LogP contribution < -0.4 is 15.5 Å². The molecule has 2 fully saturated rings. The lowest BCUT2D eigenvalue weighted by molar-refractivity contribution is 0.139. The number of nitrogens with zero attached hydrogens (tertiary/aromatic N) is 3. The number of urea groups is 1. The van der Waals surface area contributed by atoms with Gasteiger partial charge in [0, 0.05) is 45.5 Å². The molecule has 2 unspecified atom stereocenters. The van der Waals surface area contributed by atoms with Gasteiger partial charge < -0.3 is 20.4 Å². The van der Waals surface area contributed by atoms with E-state index in [2.05, 4.69) is 45.3 Å². The number of carbonyl (C=O) groups excluding carboxylic acids is 1. The van der Waals surface area contributed by atoms with Crippen LogP contribution in [0.2, 0.25) is 0 Å². The Bertz CT molecular complexity index is 621. The summed E-state index contributed by atoms with van der Waals surface area (Å²) < 4.78 is 0. The van der Waals surface area contributed by atoms with E-state index in [-0.39, 0.29) is 6.03 Å². The van der Waals surface area contributed by atoms with Gasteiger partial charge in [0.05, 0.1) is 0 Å². The van der Waals surface area contributed by atoms with E-state index in [0.29, 0.717) is 6.54 Å². The summed E-state index contributed by atoms with van der Waals surface area (Å²) in [5, 5.41) is 5.97. The molecule has 0 aromatic carbocycles. The van der Waals surface area contributed by atoms with E-state index < -0.39 is 0 Å². The summed E-state index contributed by atoms with van der Waals surface area (Å²) in [6.07, 6.45) is 9.17. The average molecular weight is 402 g/mol. The van der Waals surface area contributed by atoms with Crippen LogP contribution in [0.4, 0.5) is 10.6 Å². The highest BCUT2D eigenvalue weighted by Crippen LogP contribution is 2.21. The first-order chi connectivity index (χ1) is 14.1. The van der Waals surface area contributed by atoms with Gasteiger partial charge in [0.1, 0.15) is 5.82 Å². The fraction of sp³-hybridized carbons (Fsp3) is 0.739. The maximum absolute atomic E-state index is 12.1. The SMILES string of the molecule is CC1CC(C)CN(CCCCNC(=O)NCc2ccnc(N3CCCCC3)c2)C1. The van der Waals surface area contributed by atoms with Crippen molar-refractivity contribution in [2.45, 2.75) is 58.9 Å². The van der Waals surface area contributed by atoms with E-state index in [4.69, 9.17) is 0 Å². The molecule has 6 nitrogen and oxygen atoms in total. The van der Waals surface area contributed by atoms with Crippen molar-refractivity contribution in [3.63, 3.8) is 0 Å². The summed E-state index contributed by atoms with van der Waals surface area (Å²) in [7, 11) is 0. The summed E-state index contributed by atoms with van der Waals surface area (Å²) >= 11 is 0. The lowest BCUT2D eigenvalue weighted by Crippen LogP contribution is -2.39. The number of unbranched alkanes of at least 4 members (excludes halogenated alkanes) is 1. The normalized spacial score (nSPS) is 23.0. The average Bonchev–Trinajstić information content (AvgIpc) is 2.72. The molecule has 6 heteroatoms. The van der Waals surface area contributed by atoms with Crippen LogP contribution in [-0.2, 0) is 6.54 Å². The Kier molecular flexibility index (Phi) is 8.59. The number of carbonyl (C=O) groups is 1. The van der Waals surface area contributed by atoms with Crippen LogP contribution in [0.3, 0.4) is 0 Å². The third-order valence-electron chi connectivity index (χ3n) is 6.07. The number of pyridine rings is 1. The van der Waals surface area contributed by atoms with Crippen molar-refractivity contribution in [1.29, 1.82) is 0 Å². The number of likely N-dealkylation sites (tertiary alicyclic amines) is 1. The predicted molar refractivity (Wildman–Crippen MR) is 119 cm³/mol. The zero-order chi connectivity index (χ0) is 20.5. The van der Waals surface area contributed by atoms with E-state index in [1.807, 2.05) is 12.3 Å². The highest BCUT2D eigenvalue weighted by molar-refractivity contribution is 5.73. The van der Waals surface area contributed by atoms with Crippen LogP contribution in [0.5, 0.6) is 0 Å². The van der Waals surface area contributed by atoms with Crippen LogP contribution in [-0.4, -0.2) is 55.2 Å². The lowest BCUT2D eigenvalue weighted by atomic mass is 9.92. The van der Waals surface area contributed by atoms with E-state index in [1.165, 1.54) is 38.8 Å². The van der Waals surface area contributed by atoms with E-state index >= 15 is 0 Å². The molecule has 29 heavy (non-hydrogen) atoms. The fourth-order valence-electron chi connectivity index (χ4n) is 4.75. The van der Waals surface area contributed by atoms with Gasteiger partial charge in [-0.1, -0.05) is 13.8 Å². The third kappa shape index (κ3) is 7.50. The first-order valence-corrected chi connectivity index (χ1v) is 11.5. The smallest absolute Gasteiger partial charge is 0.315 e. The van der Waals surface area contributed by atoms with Gasteiger partial charge in [-0.3, -0.25) is 0 Å². The second kappa shape index (κ2) is 11.4. The fourth-order valence-corrected chi connectivity index (χ4v) is 4.75. The van der Waals surface area contributed by atoms with Crippen LogP contribution in [0, 0.1) is 11.8 Å². The molecule has 2 N–H and O–H groups in total. The molecule has 2 aliphatic rings. The zero-order valence-electron chi connectivity index (χ0n) is 18.3. The van der Waals surface area contributed by atoms with Crippen LogP contribution in [0.1, 0.15) is 57.9 Å². The minimum atomic E-state index is -0.0819. The van der Waals surface area contributed by atoms with Crippen molar-refractivity contribution < 1.29 is 4.79 Å². The summed E-state index contributed by atoms with van der Waals surface area (Å²) in [5.74, 6) is 2.66. The summed E-state index contributed by atoms with van der Waals surface area (Å²) in [5.41, 5.74) is 1.10. The Morgan fingerprint density at radius 1 is 1.10 bits per heavy atom. The molecule has 0 spiro atoms. The molecule has 2 atom stereocenters. The molecule has 2 aliphatic heterocycles. The second-order valence-corrected chi connectivity index (χ2v) is 9.09. The van der Waals surface area contributed by atoms with Crippen molar-refractivity contribution in [2.75, 3.05) is 44.2 Å². The molecular formula is C23H39N5O. The standard InChI is InChI=1S/C23H39N5O/c1-19-14-20(2)18-27(17-19)11-7-4-9-25-23(29)26-16-21-8-10-24-22(15-21)28-12-5-3-6-13-28/h8,10,15,19-20H,3-7,9,11-14,16-18H2,1-2H3,(H2,25,26,29). The number of anilines is 1. The van der Waals surface area contributed by atoms with Gasteiger partial charge in [-0.2, -0.15) is 0 Å². The highest BCUT2D eigenvalue weighted by Gasteiger charge is 2.21. The summed E-state index contributed by atoms with van der Waals surface area (Å²) in [6.45, 7) is 11.7. The molecule has 2 saturated heterocycles. The molecular weight excluding hydrogens is 362 g/mol. The molecule has 0 bridgehead atoms. The molecule has 2 amide bonds. The van der Waals surface area contributed by atoms with E-state index in [0.717, 1.165) is 62.2 Å². The van der Waals surface area contributed by atoms with Gasteiger partial charge in [0.2, 0.25) is 0 Å². The van der Waals surface area contributed by atoms with Gasteiger partial charge in [-0.25, -0.2) is 9.78 Å². The quantitative estimate of drug-likeness (QED) is 0.653. The van der Waals surface area contributed by atoms with Crippen molar-refractivity contribution in [3.05, 3.63) is 23.9 Å². The third-order valence-corrected chi connectivity index (χ3v) is 6.07. The van der Waals surface area contributed by atoms with Crippen molar-refractivity contribution in [1.82, 2.24) is 20.5 Å². The largest absolute Gasteiger partial charge is 0.357 e. The second-order valence-electron chi connectivity index (χ2n) is 9.09. The maximum Gasteiger partial charge on any atom is 0.315 e. The Hall–Kier alpha value is -1.82. The topological polar surface area (TPSA) is 60.5 Å². The Labute approximate surface area is 176 Å². The minimum absolute atomic E-state index is 0.0819. The van der Waals surface area contributed by atoms with Gasteiger partial charge in [-0.15, -0.1) is 0 Å². The monoisotopic (exact) mass is 401 g/mol. The van der Waals surface area contributed by atoms with E-state index in [9.17, 15) is 4.79 Å². The molecule has 3 rings (SSSR count). The molecule has 0 radical (unpaired) electrons. The van der Waals surface area contributed by atoms with Crippen molar-refractivity contribution in [2.24, 2.45) is 11.8 Å². The van der Waals surface area contributed by atoms with Gasteiger partial charge >= 0.3 is 6.03 Å². The first kappa shape index (κ1) is 21.9. The van der Waals surface area contributed by atoms with E-state index in [1.54, 1.807) is 0 Å². The number of aromatic nitrogens is 1. The van der Waals surface area contributed by atoms with Crippen LogP contribution in [0.25, 0.3) is 0 Å². The maximum atomic E-state index is 12.1. The van der Waals surface area contributed by atoms with Crippen LogP contribution in [0.15, 0.2) is 18.3 Å². The Balaban J connectivity index is 1.29. The molecule has 1 aromatic rings. The molecule has 1 aromatic heterocycles. The van der Waals surface area contributed by atoms with Crippen LogP contribution >= 0.6 is 0 Å². The molecule has 3 heterocycles. The first-order valence-electron chi connectivity index (χ1n) is 11.5. The van der Waals surface area contributed by atoms with Gasteiger partial charge in [-0.05, 0) is 74.6 Å². The lowest BCUT2D eigenvalue weighted by Gasteiger charge is -2.34. The number of piperidine rings is 2. The molecule has 162 valence electrons. The zero-order valence-corrected chi connectivity index (χ0v) is 18.3. The number of amides is 2. The Morgan fingerprint density at radius 2 is 1.86 bits per heavy atom. The number of rotatable bonds is 8. The molecule has 0 aliphatic carbocycles. The summed E-state index contributed by atoms with van der Waals surface area (Å²) in [4.78, 5) is 21.5. The number of nitrogens with one attached hydrogen (secondary N) is 2. The van der Waals surface area contributed by atoms with Crippen molar-refractivity contribution in [3.8, 4) is 0 Å². The Morgan fingerprint density at radius 3 is 2.62 bits per heavy atom. The van der Waals surface area contributed by atoms with Crippen molar-refractivity contribution >= 4 is 11.8 Å². The number of hydrogen-bond acceptors (Lipinski definition) is 4. The predicted octanol–water partition coefficient (Wildman–Crippen LogP) is 3.63. The van der Waals surface area contributed by atoms with Gasteiger partial charge in [0.25, 0.3) is 0 Å². The van der Waals surface area contributed by atoms with Gasteiger partial charge in [0.15, 0.2) is 0 Å². The summed E-state index contributed by atoms with van der Waals surface area (Å²) in [6, 6.07) is 4.00. The minimum Gasteiger partial charge on any atom is -0.357 e. The highest BCUT2D eigenvalue weighted by atomic mass is 16.2. The number of hydrogen-bond donors (Lipinski definition) is 2.